The summed E-state index contributed by atoms with van der Waals surface area (Å²) in [7, 11) is 0. The van der Waals surface area contributed by atoms with Gasteiger partial charge in [-0.2, -0.15) is 0 Å². The SMILES string of the molecule is Cc1nc(Nc2cnccn2)cc(C2CCCN(c3ncccn3)C2)n1. The van der Waals surface area contributed by atoms with Crippen LogP contribution in [0.15, 0.2) is 43.1 Å². The first-order valence-corrected chi connectivity index (χ1v) is 8.68. The Hall–Kier alpha value is -3.16. The van der Waals surface area contributed by atoms with Crippen molar-refractivity contribution in [2.24, 2.45) is 0 Å². The van der Waals surface area contributed by atoms with Crippen LogP contribution in [0.3, 0.4) is 0 Å². The molecule has 3 aromatic heterocycles. The lowest BCUT2D eigenvalue weighted by Gasteiger charge is -2.32. The molecule has 0 spiro atoms. The lowest BCUT2D eigenvalue weighted by atomic mass is 9.94. The number of nitrogens with one attached hydrogen (secondary N) is 1. The van der Waals surface area contributed by atoms with Gasteiger partial charge in [-0.05, 0) is 25.8 Å². The second-order valence-electron chi connectivity index (χ2n) is 6.27. The standard InChI is InChI=1S/C18H20N8/c1-13-23-15(10-16(24-13)25-17-11-19-7-8-20-17)14-4-2-9-26(12-14)18-21-5-3-6-22-18/h3,5-8,10-11,14H,2,4,9,12H2,1H3,(H,20,23,24,25). The third kappa shape index (κ3) is 3.74. The van der Waals surface area contributed by atoms with Crippen molar-refractivity contribution in [3.8, 4) is 0 Å². The highest BCUT2D eigenvalue weighted by atomic mass is 15.3. The van der Waals surface area contributed by atoms with E-state index in [1.807, 2.05) is 19.1 Å². The molecule has 0 aliphatic carbocycles. The van der Waals surface area contributed by atoms with E-state index < -0.39 is 0 Å². The topological polar surface area (TPSA) is 92.6 Å². The molecule has 0 amide bonds. The maximum absolute atomic E-state index is 4.67. The van der Waals surface area contributed by atoms with Crippen molar-refractivity contribution in [3.63, 3.8) is 0 Å². The van der Waals surface area contributed by atoms with Crippen molar-refractivity contribution < 1.29 is 0 Å². The Bertz CT molecular complexity index is 856. The van der Waals surface area contributed by atoms with Crippen LogP contribution in [0.1, 0.15) is 30.3 Å². The third-order valence-corrected chi connectivity index (χ3v) is 4.35. The molecule has 0 aromatic carbocycles. The van der Waals surface area contributed by atoms with Crippen LogP contribution in [0.25, 0.3) is 0 Å². The summed E-state index contributed by atoms with van der Waals surface area (Å²) in [5.74, 6) is 3.24. The Morgan fingerprint density at radius 1 is 1.04 bits per heavy atom. The molecule has 0 bridgehead atoms. The molecule has 132 valence electrons. The van der Waals surface area contributed by atoms with Gasteiger partial charge in [0.05, 0.1) is 11.9 Å². The van der Waals surface area contributed by atoms with E-state index >= 15 is 0 Å². The number of anilines is 3. The molecule has 1 unspecified atom stereocenters. The summed E-state index contributed by atoms with van der Waals surface area (Å²) >= 11 is 0. The molecule has 0 saturated carbocycles. The van der Waals surface area contributed by atoms with Crippen LogP contribution in [-0.2, 0) is 0 Å². The van der Waals surface area contributed by atoms with Gasteiger partial charge in [0.15, 0.2) is 0 Å². The molecule has 1 aliphatic heterocycles. The van der Waals surface area contributed by atoms with Gasteiger partial charge in [-0.3, -0.25) is 4.98 Å². The van der Waals surface area contributed by atoms with E-state index in [2.05, 4.69) is 40.1 Å². The molecule has 3 aromatic rings. The Balaban J connectivity index is 1.55. The van der Waals surface area contributed by atoms with Gasteiger partial charge in [-0.15, -0.1) is 0 Å². The van der Waals surface area contributed by atoms with E-state index in [-0.39, 0.29) is 0 Å². The zero-order valence-electron chi connectivity index (χ0n) is 14.6. The molecule has 8 heteroatoms. The van der Waals surface area contributed by atoms with Crippen LogP contribution >= 0.6 is 0 Å². The molecule has 26 heavy (non-hydrogen) atoms. The van der Waals surface area contributed by atoms with Gasteiger partial charge in [-0.25, -0.2) is 24.9 Å². The minimum absolute atomic E-state index is 0.316. The number of aryl methyl sites for hydroxylation is 1. The van der Waals surface area contributed by atoms with Gasteiger partial charge < -0.3 is 10.2 Å². The van der Waals surface area contributed by atoms with Crippen molar-refractivity contribution in [2.75, 3.05) is 23.3 Å². The largest absolute Gasteiger partial charge is 0.340 e. The fourth-order valence-electron chi connectivity index (χ4n) is 3.21. The fourth-order valence-corrected chi connectivity index (χ4v) is 3.21. The molecule has 1 aliphatic rings. The van der Waals surface area contributed by atoms with Crippen LogP contribution < -0.4 is 10.2 Å². The summed E-state index contributed by atoms with van der Waals surface area (Å²) < 4.78 is 0. The molecule has 1 N–H and O–H groups in total. The first kappa shape index (κ1) is 16.3. The minimum atomic E-state index is 0.316. The first-order chi connectivity index (χ1) is 12.8. The van der Waals surface area contributed by atoms with Gasteiger partial charge in [-0.1, -0.05) is 0 Å². The Morgan fingerprint density at radius 2 is 1.92 bits per heavy atom. The van der Waals surface area contributed by atoms with Gasteiger partial charge in [0, 0.05) is 49.9 Å². The average molecular weight is 348 g/mol. The van der Waals surface area contributed by atoms with Gasteiger partial charge in [0.1, 0.15) is 17.5 Å². The molecule has 8 nitrogen and oxygen atoms in total. The van der Waals surface area contributed by atoms with Crippen LogP contribution in [0, 0.1) is 6.92 Å². The normalized spacial score (nSPS) is 17.1. The first-order valence-electron chi connectivity index (χ1n) is 8.68. The zero-order valence-corrected chi connectivity index (χ0v) is 14.6. The van der Waals surface area contributed by atoms with Gasteiger partial charge >= 0.3 is 0 Å². The molecule has 1 atom stereocenters. The number of nitrogens with zero attached hydrogens (tertiary/aromatic N) is 7. The summed E-state index contributed by atoms with van der Waals surface area (Å²) in [6.45, 7) is 3.73. The lowest BCUT2D eigenvalue weighted by molar-refractivity contribution is 0.494. The summed E-state index contributed by atoms with van der Waals surface area (Å²) in [4.78, 5) is 28.4. The van der Waals surface area contributed by atoms with E-state index in [9.17, 15) is 0 Å². The van der Waals surface area contributed by atoms with Crippen LogP contribution in [0.2, 0.25) is 0 Å². The summed E-state index contributed by atoms with van der Waals surface area (Å²) in [5, 5.41) is 3.20. The van der Waals surface area contributed by atoms with Crippen LogP contribution in [0.4, 0.5) is 17.6 Å². The highest BCUT2D eigenvalue weighted by Crippen LogP contribution is 2.28. The Kier molecular flexibility index (Phi) is 4.63. The van der Waals surface area contributed by atoms with E-state index in [4.69, 9.17) is 0 Å². The zero-order chi connectivity index (χ0) is 17.8. The average Bonchev–Trinajstić information content (AvgIpc) is 2.69. The van der Waals surface area contributed by atoms with E-state index in [1.54, 1.807) is 31.0 Å². The van der Waals surface area contributed by atoms with Crippen molar-refractivity contribution in [1.29, 1.82) is 0 Å². The van der Waals surface area contributed by atoms with Crippen LogP contribution in [0.5, 0.6) is 0 Å². The number of piperidine rings is 1. The Labute approximate surface area is 151 Å². The number of rotatable bonds is 4. The predicted molar refractivity (Wildman–Crippen MR) is 98.3 cm³/mol. The van der Waals surface area contributed by atoms with Crippen molar-refractivity contribution >= 4 is 17.6 Å². The van der Waals surface area contributed by atoms with Gasteiger partial charge in [0.25, 0.3) is 0 Å². The summed E-state index contributed by atoms with van der Waals surface area (Å²) in [6, 6.07) is 3.84. The minimum Gasteiger partial charge on any atom is -0.340 e. The molecule has 1 saturated heterocycles. The number of aromatic nitrogens is 6. The van der Waals surface area contributed by atoms with E-state index in [1.165, 1.54) is 0 Å². The molecule has 4 rings (SSSR count). The third-order valence-electron chi connectivity index (χ3n) is 4.35. The highest BCUT2D eigenvalue weighted by molar-refractivity contribution is 5.51. The van der Waals surface area contributed by atoms with E-state index in [0.29, 0.717) is 11.7 Å². The Morgan fingerprint density at radius 3 is 2.73 bits per heavy atom. The second kappa shape index (κ2) is 7.38. The number of hydrogen-bond donors (Lipinski definition) is 1. The fraction of sp³-hybridized carbons (Fsp3) is 0.333. The van der Waals surface area contributed by atoms with Crippen molar-refractivity contribution in [2.45, 2.75) is 25.7 Å². The quantitative estimate of drug-likeness (QED) is 0.769. The summed E-state index contributed by atoms with van der Waals surface area (Å²) in [5.41, 5.74) is 1.03. The monoisotopic (exact) mass is 348 g/mol. The smallest absolute Gasteiger partial charge is 0.225 e. The summed E-state index contributed by atoms with van der Waals surface area (Å²) in [6.07, 6.45) is 10.7. The van der Waals surface area contributed by atoms with E-state index in [0.717, 1.165) is 49.2 Å². The maximum atomic E-state index is 4.67. The molecule has 4 heterocycles. The van der Waals surface area contributed by atoms with Crippen molar-refractivity contribution in [1.82, 2.24) is 29.9 Å². The highest BCUT2D eigenvalue weighted by Gasteiger charge is 2.24. The molecular formula is C18H20N8. The molecular weight excluding hydrogens is 328 g/mol. The lowest BCUT2D eigenvalue weighted by Crippen LogP contribution is -2.35. The van der Waals surface area contributed by atoms with Crippen molar-refractivity contribution in [3.05, 3.63) is 54.6 Å². The molecule has 0 radical (unpaired) electrons. The second-order valence-corrected chi connectivity index (χ2v) is 6.27. The predicted octanol–water partition coefficient (Wildman–Crippen LogP) is 2.49. The number of hydrogen-bond acceptors (Lipinski definition) is 8. The van der Waals surface area contributed by atoms with Gasteiger partial charge in [0.2, 0.25) is 5.95 Å². The van der Waals surface area contributed by atoms with Crippen LogP contribution in [-0.4, -0.2) is 43.0 Å². The molecule has 1 fully saturated rings. The maximum Gasteiger partial charge on any atom is 0.225 e.